The number of hydrogen-bond acceptors (Lipinski definition) is 1. The predicted molar refractivity (Wildman–Crippen MR) is 170 cm³/mol. The van der Waals surface area contributed by atoms with Crippen molar-refractivity contribution in [2.24, 2.45) is 0 Å². The second kappa shape index (κ2) is 8.91. The van der Waals surface area contributed by atoms with Gasteiger partial charge in [-0.15, -0.1) is 11.3 Å². The Morgan fingerprint density at radius 3 is 2.08 bits per heavy atom. The van der Waals surface area contributed by atoms with Crippen LogP contribution < -0.4 is 0 Å². The molecule has 1 aromatic heterocycles. The lowest BCUT2D eigenvalue weighted by molar-refractivity contribution is 0.768. The summed E-state index contributed by atoms with van der Waals surface area (Å²) in [6.07, 6.45) is 6.90. The normalized spacial score (nSPS) is 14.7. The third-order valence-electron chi connectivity index (χ3n) is 8.52. The topological polar surface area (TPSA) is 0 Å². The lowest BCUT2D eigenvalue weighted by Crippen LogP contribution is -2.28. The van der Waals surface area contributed by atoms with Crippen molar-refractivity contribution in [1.82, 2.24) is 0 Å². The zero-order valence-electron chi connectivity index (χ0n) is 21.3. The first kappa shape index (κ1) is 23.2. The largest absolute Gasteiger partial charge is 0.135 e. The van der Waals surface area contributed by atoms with Crippen molar-refractivity contribution >= 4 is 43.4 Å². The van der Waals surface area contributed by atoms with E-state index in [-0.39, 0.29) is 5.41 Å². The van der Waals surface area contributed by atoms with Gasteiger partial charge < -0.3 is 0 Å². The van der Waals surface area contributed by atoms with Crippen LogP contribution in [0.4, 0.5) is 0 Å². The van der Waals surface area contributed by atoms with Gasteiger partial charge in [0.1, 0.15) is 0 Å². The molecule has 5 aromatic carbocycles. The van der Waals surface area contributed by atoms with E-state index in [0.29, 0.717) is 0 Å². The fraction of sp³-hybridized carbons (Fsp3) is 0.0811. The third kappa shape index (κ3) is 3.35. The van der Waals surface area contributed by atoms with E-state index in [1.807, 2.05) is 11.3 Å². The van der Waals surface area contributed by atoms with Crippen molar-refractivity contribution in [3.8, 4) is 22.3 Å². The molecule has 0 spiro atoms. The molecular weight excluding hydrogens is 556 g/mol. The molecule has 0 saturated carbocycles. The van der Waals surface area contributed by atoms with Gasteiger partial charge in [0, 0.05) is 14.0 Å². The Morgan fingerprint density at radius 1 is 0.641 bits per heavy atom. The maximum absolute atomic E-state index is 3.77. The summed E-state index contributed by atoms with van der Waals surface area (Å²) in [5.74, 6) is 0. The molecule has 2 aliphatic rings. The van der Waals surface area contributed by atoms with Crippen molar-refractivity contribution in [3.05, 3.63) is 159 Å². The summed E-state index contributed by atoms with van der Waals surface area (Å²) in [4.78, 5) is 1.42. The van der Waals surface area contributed by atoms with Crippen LogP contribution >= 0.6 is 27.3 Å². The monoisotopic (exact) mass is 580 g/mol. The van der Waals surface area contributed by atoms with E-state index in [4.69, 9.17) is 0 Å². The molecule has 0 unspecified atom stereocenters. The van der Waals surface area contributed by atoms with E-state index in [1.54, 1.807) is 0 Å². The SMILES string of the molecule is Brc1cccc(C2(c3ccc(-c4cccc5c6c(sc45)C=CCC6)cc3)c3ccccc3-c3ccccc32)c1. The van der Waals surface area contributed by atoms with Crippen LogP contribution in [0.15, 0.2) is 126 Å². The molecule has 0 nitrogen and oxygen atoms in total. The average Bonchev–Trinajstić information content (AvgIpc) is 3.52. The summed E-state index contributed by atoms with van der Waals surface area (Å²) < 4.78 is 2.50. The van der Waals surface area contributed by atoms with Crippen LogP contribution in [0, 0.1) is 0 Å². The van der Waals surface area contributed by atoms with Crippen LogP contribution in [0.2, 0.25) is 0 Å². The molecule has 0 amide bonds. The number of rotatable bonds is 3. The molecule has 0 fully saturated rings. The van der Waals surface area contributed by atoms with Crippen LogP contribution in [-0.2, 0) is 11.8 Å². The molecule has 6 aromatic rings. The first-order chi connectivity index (χ1) is 19.2. The molecule has 186 valence electrons. The molecule has 0 aliphatic heterocycles. The first-order valence-corrected chi connectivity index (χ1v) is 15.1. The van der Waals surface area contributed by atoms with Gasteiger partial charge in [-0.1, -0.05) is 125 Å². The van der Waals surface area contributed by atoms with E-state index in [2.05, 4.69) is 143 Å². The number of allylic oxidation sites excluding steroid dienone is 1. The number of hydrogen-bond donors (Lipinski definition) is 0. The van der Waals surface area contributed by atoms with Crippen molar-refractivity contribution < 1.29 is 0 Å². The van der Waals surface area contributed by atoms with Gasteiger partial charge in [0.2, 0.25) is 0 Å². The van der Waals surface area contributed by atoms with Crippen molar-refractivity contribution in [1.29, 1.82) is 0 Å². The van der Waals surface area contributed by atoms with Gasteiger partial charge in [-0.25, -0.2) is 0 Å². The highest BCUT2D eigenvalue weighted by atomic mass is 79.9. The van der Waals surface area contributed by atoms with Gasteiger partial charge in [0.25, 0.3) is 0 Å². The lowest BCUT2D eigenvalue weighted by atomic mass is 9.67. The predicted octanol–water partition coefficient (Wildman–Crippen LogP) is 10.7. The Balaban J connectivity index is 1.36. The number of fused-ring (bicyclic) bond motifs is 6. The molecule has 8 rings (SSSR count). The average molecular weight is 582 g/mol. The number of benzene rings is 5. The van der Waals surface area contributed by atoms with E-state index in [9.17, 15) is 0 Å². The zero-order chi connectivity index (χ0) is 26.0. The molecular formula is C37H25BrS. The minimum absolute atomic E-state index is 0.381. The van der Waals surface area contributed by atoms with Crippen LogP contribution in [-0.4, -0.2) is 0 Å². The van der Waals surface area contributed by atoms with Crippen LogP contribution in [0.25, 0.3) is 38.4 Å². The van der Waals surface area contributed by atoms with Gasteiger partial charge in [-0.2, -0.15) is 0 Å². The van der Waals surface area contributed by atoms with Crippen molar-refractivity contribution in [2.45, 2.75) is 18.3 Å². The summed E-state index contributed by atoms with van der Waals surface area (Å²) in [6, 6.07) is 42.9. The van der Waals surface area contributed by atoms with Gasteiger partial charge in [-0.3, -0.25) is 0 Å². The van der Waals surface area contributed by atoms with E-state index >= 15 is 0 Å². The Labute approximate surface area is 241 Å². The quantitative estimate of drug-likeness (QED) is 0.195. The number of aryl methyl sites for hydroxylation is 1. The van der Waals surface area contributed by atoms with E-state index in [0.717, 1.165) is 17.3 Å². The second-order valence-corrected chi connectivity index (χ2v) is 12.5. The van der Waals surface area contributed by atoms with E-state index in [1.165, 1.54) is 65.0 Å². The Bertz CT molecular complexity index is 1880. The summed E-state index contributed by atoms with van der Waals surface area (Å²) in [6.45, 7) is 0. The van der Waals surface area contributed by atoms with Crippen LogP contribution in [0.1, 0.15) is 39.1 Å². The third-order valence-corrected chi connectivity index (χ3v) is 10.3. The molecule has 2 heteroatoms. The highest BCUT2D eigenvalue weighted by Gasteiger charge is 2.45. The zero-order valence-corrected chi connectivity index (χ0v) is 23.7. The fourth-order valence-corrected chi connectivity index (χ4v) is 8.59. The van der Waals surface area contributed by atoms with Crippen LogP contribution in [0.5, 0.6) is 0 Å². The highest BCUT2D eigenvalue weighted by molar-refractivity contribution is 9.10. The molecule has 0 saturated heterocycles. The first-order valence-electron chi connectivity index (χ1n) is 13.5. The minimum atomic E-state index is -0.381. The van der Waals surface area contributed by atoms with Gasteiger partial charge in [0.15, 0.2) is 0 Å². The Hall–Kier alpha value is -3.72. The number of halogens is 1. The molecule has 1 heterocycles. The summed E-state index contributed by atoms with van der Waals surface area (Å²) in [5, 5.41) is 1.42. The molecule has 0 radical (unpaired) electrons. The Morgan fingerprint density at radius 2 is 1.33 bits per heavy atom. The minimum Gasteiger partial charge on any atom is -0.135 e. The maximum atomic E-state index is 3.77. The fourth-order valence-electron chi connectivity index (χ4n) is 6.87. The van der Waals surface area contributed by atoms with Crippen molar-refractivity contribution in [2.75, 3.05) is 0 Å². The summed E-state index contributed by atoms with van der Waals surface area (Å²) >= 11 is 5.71. The molecule has 39 heavy (non-hydrogen) atoms. The van der Waals surface area contributed by atoms with Crippen molar-refractivity contribution in [3.63, 3.8) is 0 Å². The lowest BCUT2D eigenvalue weighted by Gasteiger charge is -2.34. The molecule has 0 N–H and O–H groups in total. The summed E-state index contributed by atoms with van der Waals surface area (Å²) in [5.41, 5.74) is 11.6. The van der Waals surface area contributed by atoms with Gasteiger partial charge >= 0.3 is 0 Å². The van der Waals surface area contributed by atoms with Gasteiger partial charge in [0.05, 0.1) is 5.41 Å². The standard InChI is InChI=1S/C37H25BrS/c38-27-10-7-9-26(23-27)37(33-16-4-1-11-29(33)30-12-2-5-17-34(30)37)25-21-19-24(20-22-25)28-14-8-15-32-31-13-3-6-18-35(31)39-36(28)32/h1-2,4-12,14-23H,3,13H2. The maximum Gasteiger partial charge on any atom is 0.0713 e. The highest BCUT2D eigenvalue weighted by Crippen LogP contribution is 2.56. The molecule has 0 atom stereocenters. The Kier molecular flexibility index (Phi) is 5.30. The number of thiophene rings is 1. The smallest absolute Gasteiger partial charge is 0.0713 e. The summed E-state index contributed by atoms with van der Waals surface area (Å²) in [7, 11) is 0. The molecule has 0 bridgehead atoms. The van der Waals surface area contributed by atoms with Crippen LogP contribution in [0.3, 0.4) is 0 Å². The van der Waals surface area contributed by atoms with Gasteiger partial charge in [-0.05, 0) is 86.5 Å². The second-order valence-electron chi connectivity index (χ2n) is 10.5. The van der Waals surface area contributed by atoms with E-state index < -0.39 is 0 Å². The molecule has 2 aliphatic carbocycles.